The van der Waals surface area contributed by atoms with Crippen molar-refractivity contribution in [2.75, 3.05) is 10.6 Å². The third kappa shape index (κ3) is 4.63. The zero-order chi connectivity index (χ0) is 21.1. The molecule has 1 fully saturated rings. The van der Waals surface area contributed by atoms with Crippen molar-refractivity contribution in [1.82, 2.24) is 9.97 Å². The van der Waals surface area contributed by atoms with Crippen LogP contribution in [0.15, 0.2) is 60.9 Å². The van der Waals surface area contributed by atoms with E-state index >= 15 is 0 Å². The summed E-state index contributed by atoms with van der Waals surface area (Å²) in [5.41, 5.74) is 2.59. The Balaban J connectivity index is 1.42. The molecule has 2 amide bonds. The molecule has 2 N–H and O–H groups in total. The molecule has 2 unspecified atom stereocenters. The molecule has 1 saturated carbocycles. The number of hydrogen-bond donors (Lipinski definition) is 2. The standard InChI is InChI=1S/C23H22N4O3/c1-14-12-19(14)22(29)26-17-6-3-5-16(13-17)21(28)27-20-8-7-18(11-15(20)2)30-23-24-9-4-10-25-23/h3-11,13-14,19H,12H2,1-2H3,(H,26,29)(H,27,28). The number of nitrogens with zero attached hydrogens (tertiary/aromatic N) is 2. The first kappa shape index (κ1) is 19.6. The number of amides is 2. The van der Waals surface area contributed by atoms with Gasteiger partial charge in [-0.25, -0.2) is 9.97 Å². The zero-order valence-corrected chi connectivity index (χ0v) is 16.8. The first-order valence-corrected chi connectivity index (χ1v) is 9.77. The maximum Gasteiger partial charge on any atom is 0.321 e. The summed E-state index contributed by atoms with van der Waals surface area (Å²) in [6.07, 6.45) is 4.12. The van der Waals surface area contributed by atoms with Gasteiger partial charge in [-0.2, -0.15) is 0 Å². The number of benzene rings is 2. The van der Waals surface area contributed by atoms with E-state index in [9.17, 15) is 9.59 Å². The molecule has 30 heavy (non-hydrogen) atoms. The van der Waals surface area contributed by atoms with Crippen molar-refractivity contribution < 1.29 is 14.3 Å². The SMILES string of the molecule is Cc1cc(Oc2ncccn2)ccc1NC(=O)c1cccc(NC(=O)C2CC2C)c1. The van der Waals surface area contributed by atoms with Crippen LogP contribution in [-0.2, 0) is 4.79 Å². The van der Waals surface area contributed by atoms with Gasteiger partial charge in [-0.05, 0) is 67.3 Å². The van der Waals surface area contributed by atoms with Crippen molar-refractivity contribution in [2.24, 2.45) is 11.8 Å². The summed E-state index contributed by atoms with van der Waals surface area (Å²) in [5.74, 6) is 0.839. The number of aromatic nitrogens is 2. The molecule has 152 valence electrons. The van der Waals surface area contributed by atoms with E-state index in [1.165, 1.54) is 0 Å². The summed E-state index contributed by atoms with van der Waals surface area (Å²) >= 11 is 0. The third-order valence-corrected chi connectivity index (χ3v) is 5.04. The molecular formula is C23H22N4O3. The minimum absolute atomic E-state index is 0.00823. The molecule has 0 aliphatic heterocycles. The molecule has 2 atom stereocenters. The van der Waals surface area contributed by atoms with Crippen molar-refractivity contribution in [1.29, 1.82) is 0 Å². The number of carbonyl (C=O) groups is 2. The lowest BCUT2D eigenvalue weighted by Crippen LogP contribution is -2.16. The second-order valence-corrected chi connectivity index (χ2v) is 7.45. The molecule has 1 aromatic heterocycles. The highest BCUT2D eigenvalue weighted by Crippen LogP contribution is 2.38. The van der Waals surface area contributed by atoms with Gasteiger partial charge >= 0.3 is 6.01 Å². The molecule has 0 radical (unpaired) electrons. The Morgan fingerprint density at radius 2 is 1.80 bits per heavy atom. The Bertz CT molecular complexity index is 1080. The van der Waals surface area contributed by atoms with E-state index in [0.717, 1.165) is 12.0 Å². The van der Waals surface area contributed by atoms with Gasteiger partial charge in [-0.1, -0.05) is 13.0 Å². The lowest BCUT2D eigenvalue weighted by molar-refractivity contribution is -0.117. The van der Waals surface area contributed by atoms with Gasteiger partial charge < -0.3 is 15.4 Å². The number of carbonyl (C=O) groups excluding carboxylic acids is 2. The van der Waals surface area contributed by atoms with Crippen LogP contribution in [0.4, 0.5) is 11.4 Å². The molecular weight excluding hydrogens is 380 g/mol. The molecule has 1 heterocycles. The topological polar surface area (TPSA) is 93.2 Å². The van der Waals surface area contributed by atoms with Gasteiger partial charge in [0, 0.05) is 35.2 Å². The maximum atomic E-state index is 12.7. The van der Waals surface area contributed by atoms with E-state index in [-0.39, 0.29) is 23.7 Å². The highest BCUT2D eigenvalue weighted by atomic mass is 16.5. The summed E-state index contributed by atoms with van der Waals surface area (Å²) in [5, 5.41) is 5.79. The Labute approximate surface area is 174 Å². The monoisotopic (exact) mass is 402 g/mol. The van der Waals surface area contributed by atoms with Crippen molar-refractivity contribution in [3.63, 3.8) is 0 Å². The van der Waals surface area contributed by atoms with Crippen LogP contribution in [0.3, 0.4) is 0 Å². The van der Waals surface area contributed by atoms with Gasteiger partial charge in [-0.3, -0.25) is 9.59 Å². The van der Waals surface area contributed by atoms with Crippen LogP contribution < -0.4 is 15.4 Å². The van der Waals surface area contributed by atoms with Crippen LogP contribution >= 0.6 is 0 Å². The zero-order valence-electron chi connectivity index (χ0n) is 16.8. The molecule has 0 spiro atoms. The van der Waals surface area contributed by atoms with Gasteiger partial charge in [0.15, 0.2) is 0 Å². The van der Waals surface area contributed by atoms with Gasteiger partial charge in [-0.15, -0.1) is 0 Å². The fraction of sp³-hybridized carbons (Fsp3) is 0.217. The third-order valence-electron chi connectivity index (χ3n) is 5.04. The van der Waals surface area contributed by atoms with Crippen LogP contribution in [0.25, 0.3) is 0 Å². The van der Waals surface area contributed by atoms with E-state index in [4.69, 9.17) is 4.74 Å². The Hall–Kier alpha value is -3.74. The van der Waals surface area contributed by atoms with E-state index in [1.54, 1.807) is 60.9 Å². The summed E-state index contributed by atoms with van der Waals surface area (Å²) in [6.45, 7) is 3.93. The van der Waals surface area contributed by atoms with Gasteiger partial charge in [0.25, 0.3) is 5.91 Å². The molecule has 0 saturated heterocycles. The number of anilines is 2. The summed E-state index contributed by atoms with van der Waals surface area (Å²) in [6, 6.07) is 14.2. The van der Waals surface area contributed by atoms with Gasteiger partial charge in [0.05, 0.1) is 0 Å². The highest BCUT2D eigenvalue weighted by molar-refractivity contribution is 6.06. The maximum absolute atomic E-state index is 12.7. The molecule has 7 nitrogen and oxygen atoms in total. The van der Waals surface area contributed by atoms with E-state index in [1.807, 2.05) is 6.92 Å². The van der Waals surface area contributed by atoms with Crippen LogP contribution in [0.1, 0.15) is 29.3 Å². The second-order valence-electron chi connectivity index (χ2n) is 7.45. The predicted octanol–water partition coefficient (Wildman–Crippen LogP) is 4.42. The van der Waals surface area contributed by atoms with Crippen LogP contribution in [0.2, 0.25) is 0 Å². The van der Waals surface area contributed by atoms with Crippen molar-refractivity contribution in [3.05, 3.63) is 72.1 Å². The van der Waals surface area contributed by atoms with Crippen LogP contribution in [0.5, 0.6) is 11.8 Å². The quantitative estimate of drug-likeness (QED) is 0.636. The van der Waals surface area contributed by atoms with Crippen LogP contribution in [-0.4, -0.2) is 21.8 Å². The number of ether oxygens (including phenoxy) is 1. The van der Waals surface area contributed by atoms with Crippen molar-refractivity contribution in [3.8, 4) is 11.8 Å². The van der Waals surface area contributed by atoms with Gasteiger partial charge in [0.1, 0.15) is 5.75 Å². The summed E-state index contributed by atoms with van der Waals surface area (Å²) in [7, 11) is 0. The largest absolute Gasteiger partial charge is 0.424 e. The molecule has 2 aromatic carbocycles. The summed E-state index contributed by atoms with van der Waals surface area (Å²) < 4.78 is 5.61. The molecule has 1 aliphatic carbocycles. The Morgan fingerprint density at radius 3 is 2.50 bits per heavy atom. The average molecular weight is 402 g/mol. The smallest absolute Gasteiger partial charge is 0.321 e. The minimum atomic E-state index is -0.256. The number of rotatable bonds is 6. The van der Waals surface area contributed by atoms with E-state index in [0.29, 0.717) is 28.6 Å². The molecule has 1 aliphatic rings. The number of hydrogen-bond acceptors (Lipinski definition) is 5. The average Bonchev–Trinajstić information content (AvgIpc) is 3.48. The molecule has 3 aromatic rings. The molecule has 7 heteroatoms. The van der Waals surface area contributed by atoms with E-state index in [2.05, 4.69) is 27.5 Å². The highest BCUT2D eigenvalue weighted by Gasteiger charge is 2.39. The summed E-state index contributed by atoms with van der Waals surface area (Å²) in [4.78, 5) is 32.9. The van der Waals surface area contributed by atoms with Crippen LogP contribution in [0, 0.1) is 18.8 Å². The first-order chi connectivity index (χ1) is 14.5. The number of nitrogens with one attached hydrogen (secondary N) is 2. The number of aryl methyl sites for hydroxylation is 1. The Morgan fingerprint density at radius 1 is 1.03 bits per heavy atom. The molecule has 0 bridgehead atoms. The van der Waals surface area contributed by atoms with Crippen molar-refractivity contribution in [2.45, 2.75) is 20.3 Å². The van der Waals surface area contributed by atoms with E-state index < -0.39 is 0 Å². The Kier molecular flexibility index (Phi) is 5.43. The molecule has 4 rings (SSSR count). The normalized spacial score (nSPS) is 17.1. The van der Waals surface area contributed by atoms with Crippen molar-refractivity contribution >= 4 is 23.2 Å². The lowest BCUT2D eigenvalue weighted by Gasteiger charge is -2.11. The first-order valence-electron chi connectivity index (χ1n) is 9.77. The second kappa shape index (κ2) is 8.32. The minimum Gasteiger partial charge on any atom is -0.424 e. The van der Waals surface area contributed by atoms with Gasteiger partial charge in [0.2, 0.25) is 5.91 Å². The lowest BCUT2D eigenvalue weighted by atomic mass is 10.1. The predicted molar refractivity (Wildman–Crippen MR) is 114 cm³/mol. The fourth-order valence-corrected chi connectivity index (χ4v) is 3.14. The fourth-order valence-electron chi connectivity index (χ4n) is 3.14.